The smallest absolute Gasteiger partial charge is 0.405 e. The van der Waals surface area contributed by atoms with E-state index in [0.29, 0.717) is 15.6 Å². The summed E-state index contributed by atoms with van der Waals surface area (Å²) in [7, 11) is 0. The normalized spacial score (nSPS) is 14.2. The largest absolute Gasteiger partial charge is 0.465 e. The molecule has 0 bridgehead atoms. The molecule has 88 valence electrons. The number of hydrogen-bond donors (Lipinski definition) is 3. The molecule has 1 amide bonds. The maximum atomic E-state index is 10.6. The molecule has 0 aliphatic carbocycles. The Kier molecular flexibility index (Phi) is 4.41. The molecule has 0 aliphatic heterocycles. The molecule has 1 rings (SSSR count). The van der Waals surface area contributed by atoms with E-state index in [2.05, 4.69) is 5.32 Å². The minimum absolute atomic E-state index is 0.312. The first-order chi connectivity index (χ1) is 7.41. The number of nitrogens with one attached hydrogen (secondary N) is 1. The van der Waals surface area contributed by atoms with Gasteiger partial charge in [-0.15, -0.1) is 0 Å². The number of hydrogen-bond acceptors (Lipinski definition) is 2. The molecule has 2 unspecified atom stereocenters. The van der Waals surface area contributed by atoms with Crippen LogP contribution in [-0.2, 0) is 0 Å². The topological polar surface area (TPSA) is 69.6 Å². The lowest BCUT2D eigenvalue weighted by molar-refractivity contribution is 0.133. The van der Waals surface area contributed by atoms with Gasteiger partial charge in [0.25, 0.3) is 0 Å². The zero-order valence-corrected chi connectivity index (χ0v) is 9.96. The molecular weight excluding hydrogens is 253 g/mol. The fraction of sp³-hybridized carbons (Fsp3) is 0.300. The highest BCUT2D eigenvalue weighted by atomic mass is 35.5. The number of rotatable bonds is 3. The van der Waals surface area contributed by atoms with Crippen molar-refractivity contribution in [2.75, 3.05) is 0 Å². The van der Waals surface area contributed by atoms with Crippen LogP contribution in [0, 0.1) is 0 Å². The lowest BCUT2D eigenvalue weighted by Crippen LogP contribution is -2.34. The van der Waals surface area contributed by atoms with Gasteiger partial charge in [-0.05, 0) is 24.6 Å². The van der Waals surface area contributed by atoms with Crippen molar-refractivity contribution < 1.29 is 15.0 Å². The van der Waals surface area contributed by atoms with Gasteiger partial charge in [0, 0.05) is 10.0 Å². The number of carboxylic acid groups (broad SMARTS) is 1. The summed E-state index contributed by atoms with van der Waals surface area (Å²) in [6.07, 6.45) is -2.12. The quantitative estimate of drug-likeness (QED) is 0.786. The monoisotopic (exact) mass is 263 g/mol. The summed E-state index contributed by atoms with van der Waals surface area (Å²) < 4.78 is 0. The Hall–Kier alpha value is -0.970. The molecule has 0 radical (unpaired) electrons. The molecule has 0 aliphatic rings. The second kappa shape index (κ2) is 5.39. The highest BCUT2D eigenvalue weighted by molar-refractivity contribution is 6.35. The van der Waals surface area contributed by atoms with Crippen LogP contribution < -0.4 is 5.32 Å². The zero-order chi connectivity index (χ0) is 12.3. The molecular formula is C10H11Cl2NO3. The minimum Gasteiger partial charge on any atom is -0.465 e. The van der Waals surface area contributed by atoms with Gasteiger partial charge in [0.05, 0.1) is 12.1 Å². The Morgan fingerprint density at radius 1 is 1.44 bits per heavy atom. The van der Waals surface area contributed by atoms with Gasteiger partial charge in [0.2, 0.25) is 0 Å². The molecule has 0 heterocycles. The zero-order valence-electron chi connectivity index (χ0n) is 8.45. The molecule has 0 fully saturated rings. The Balaban J connectivity index is 3.05. The average molecular weight is 264 g/mol. The Morgan fingerprint density at radius 3 is 2.50 bits per heavy atom. The van der Waals surface area contributed by atoms with E-state index in [4.69, 9.17) is 28.3 Å². The third-order valence-electron chi connectivity index (χ3n) is 2.06. The first kappa shape index (κ1) is 13.1. The number of aliphatic hydroxyl groups excluding tert-OH is 1. The van der Waals surface area contributed by atoms with Crippen LogP contribution in [0.1, 0.15) is 18.5 Å². The first-order valence-corrected chi connectivity index (χ1v) is 5.30. The van der Waals surface area contributed by atoms with E-state index < -0.39 is 18.2 Å². The number of aliphatic hydroxyl groups is 1. The molecule has 0 aromatic heterocycles. The summed E-state index contributed by atoms with van der Waals surface area (Å²) in [5.74, 6) is 0. The third-order valence-corrected chi connectivity index (χ3v) is 2.62. The van der Waals surface area contributed by atoms with Gasteiger partial charge in [-0.25, -0.2) is 4.79 Å². The second-order valence-corrected chi connectivity index (χ2v) is 4.18. The molecule has 0 saturated carbocycles. The van der Waals surface area contributed by atoms with Gasteiger partial charge >= 0.3 is 6.09 Å². The number of halogens is 2. The highest BCUT2D eigenvalue weighted by Crippen LogP contribution is 2.28. The lowest BCUT2D eigenvalue weighted by atomic mass is 10.0. The van der Waals surface area contributed by atoms with Crippen molar-refractivity contribution in [2.24, 2.45) is 0 Å². The molecule has 2 atom stereocenters. The van der Waals surface area contributed by atoms with E-state index in [-0.39, 0.29) is 0 Å². The molecule has 6 heteroatoms. The van der Waals surface area contributed by atoms with Crippen LogP contribution in [0.5, 0.6) is 0 Å². The van der Waals surface area contributed by atoms with Crippen LogP contribution in [0.25, 0.3) is 0 Å². The SMILES string of the molecule is CC(O)C(NC(=O)O)c1ccc(Cl)cc1Cl. The molecule has 0 spiro atoms. The molecule has 3 N–H and O–H groups in total. The van der Waals surface area contributed by atoms with Crippen molar-refractivity contribution >= 4 is 29.3 Å². The summed E-state index contributed by atoms with van der Waals surface area (Å²) in [5.41, 5.74) is 0.489. The number of amides is 1. The number of benzene rings is 1. The van der Waals surface area contributed by atoms with Gasteiger partial charge < -0.3 is 15.5 Å². The van der Waals surface area contributed by atoms with Gasteiger partial charge in [-0.1, -0.05) is 29.3 Å². The van der Waals surface area contributed by atoms with E-state index in [1.165, 1.54) is 13.0 Å². The average Bonchev–Trinajstić information content (AvgIpc) is 2.14. The fourth-order valence-corrected chi connectivity index (χ4v) is 1.87. The van der Waals surface area contributed by atoms with Crippen molar-refractivity contribution in [3.8, 4) is 0 Å². The van der Waals surface area contributed by atoms with Crippen LogP contribution in [0.4, 0.5) is 4.79 Å². The second-order valence-electron chi connectivity index (χ2n) is 3.33. The van der Waals surface area contributed by atoms with Crippen molar-refractivity contribution in [2.45, 2.75) is 19.1 Å². The Labute approximate surface area is 103 Å². The van der Waals surface area contributed by atoms with Crippen molar-refractivity contribution in [3.05, 3.63) is 33.8 Å². The van der Waals surface area contributed by atoms with Gasteiger partial charge in [0.1, 0.15) is 0 Å². The van der Waals surface area contributed by atoms with E-state index in [1.807, 2.05) is 0 Å². The maximum Gasteiger partial charge on any atom is 0.405 e. The lowest BCUT2D eigenvalue weighted by Gasteiger charge is -2.21. The predicted molar refractivity (Wildman–Crippen MR) is 62.0 cm³/mol. The number of carbonyl (C=O) groups is 1. The van der Waals surface area contributed by atoms with Crippen LogP contribution in [0.2, 0.25) is 10.0 Å². The van der Waals surface area contributed by atoms with Crippen LogP contribution in [0.15, 0.2) is 18.2 Å². The standard InChI is InChI=1S/C10H11Cl2NO3/c1-5(14)9(13-10(15)16)7-3-2-6(11)4-8(7)12/h2-5,9,13-14H,1H3,(H,15,16). The van der Waals surface area contributed by atoms with Gasteiger partial charge in [-0.3, -0.25) is 0 Å². The summed E-state index contributed by atoms with van der Waals surface area (Å²) in [5, 5.41) is 21.1. The van der Waals surface area contributed by atoms with Crippen LogP contribution >= 0.6 is 23.2 Å². The fourth-order valence-electron chi connectivity index (χ4n) is 1.34. The summed E-state index contributed by atoms with van der Waals surface area (Å²) in [6.45, 7) is 1.48. The van der Waals surface area contributed by atoms with Crippen molar-refractivity contribution in [1.29, 1.82) is 0 Å². The van der Waals surface area contributed by atoms with Gasteiger partial charge in [0.15, 0.2) is 0 Å². The van der Waals surface area contributed by atoms with Gasteiger partial charge in [-0.2, -0.15) is 0 Å². The van der Waals surface area contributed by atoms with Crippen LogP contribution in [0.3, 0.4) is 0 Å². The minimum atomic E-state index is -1.23. The van der Waals surface area contributed by atoms with E-state index >= 15 is 0 Å². The van der Waals surface area contributed by atoms with E-state index in [9.17, 15) is 9.90 Å². The summed E-state index contributed by atoms with van der Waals surface area (Å²) >= 11 is 11.6. The highest BCUT2D eigenvalue weighted by Gasteiger charge is 2.21. The summed E-state index contributed by atoms with van der Waals surface area (Å²) in [4.78, 5) is 10.6. The van der Waals surface area contributed by atoms with E-state index in [0.717, 1.165) is 0 Å². The molecule has 1 aromatic carbocycles. The van der Waals surface area contributed by atoms with Crippen molar-refractivity contribution in [3.63, 3.8) is 0 Å². The van der Waals surface area contributed by atoms with E-state index in [1.54, 1.807) is 12.1 Å². The maximum absolute atomic E-state index is 10.6. The Bertz CT molecular complexity index is 396. The Morgan fingerprint density at radius 2 is 2.06 bits per heavy atom. The molecule has 1 aromatic rings. The predicted octanol–water partition coefficient (Wildman–Crippen LogP) is 2.68. The first-order valence-electron chi connectivity index (χ1n) is 4.54. The molecule has 16 heavy (non-hydrogen) atoms. The summed E-state index contributed by atoms with van der Waals surface area (Å²) in [6, 6.07) is 3.89. The molecule has 4 nitrogen and oxygen atoms in total. The van der Waals surface area contributed by atoms with Crippen LogP contribution in [-0.4, -0.2) is 22.4 Å². The molecule has 0 saturated heterocycles. The third kappa shape index (κ3) is 3.27. The van der Waals surface area contributed by atoms with Crippen molar-refractivity contribution in [1.82, 2.24) is 5.32 Å².